The molecule has 1 atom stereocenters. The number of anilines is 2. The number of hydrogen-bond acceptors (Lipinski definition) is 7. The fourth-order valence-corrected chi connectivity index (χ4v) is 4.57. The summed E-state index contributed by atoms with van der Waals surface area (Å²) in [6, 6.07) is 19.3. The van der Waals surface area contributed by atoms with Crippen molar-refractivity contribution in [1.29, 1.82) is 0 Å². The lowest BCUT2D eigenvalue weighted by Crippen LogP contribution is -2.31. The number of amides is 1. The largest absolute Gasteiger partial charge is 0.493 e. The smallest absolute Gasteiger partial charge is 0.255 e. The van der Waals surface area contributed by atoms with Crippen molar-refractivity contribution in [2.24, 2.45) is 0 Å². The van der Waals surface area contributed by atoms with Crippen LogP contribution in [0.2, 0.25) is 10.0 Å². The maximum absolute atomic E-state index is 13.5. The standard InChI is InChI=1S/C26H22Cl2N6O3/c1-15-23(25(35)30-19-6-4-3-5-7-19)24(34-26(29-15)31-32-33-34)16-9-11-21(22(12-16)36-2)37-14-17-8-10-18(27)13-20(17)28/h3-13,24H,14H2,1-2H3,(H,30,35)(H,29,31,33). The number of para-hydroxylation sites is 1. The molecule has 1 unspecified atom stereocenters. The Kier molecular flexibility index (Phi) is 6.98. The van der Waals surface area contributed by atoms with Gasteiger partial charge in [-0.05, 0) is 59.3 Å². The van der Waals surface area contributed by atoms with Gasteiger partial charge < -0.3 is 20.1 Å². The molecule has 3 aromatic carbocycles. The molecule has 5 rings (SSSR count). The maximum atomic E-state index is 13.5. The van der Waals surface area contributed by atoms with Crippen LogP contribution in [0.15, 0.2) is 78.0 Å². The van der Waals surface area contributed by atoms with E-state index < -0.39 is 6.04 Å². The first kappa shape index (κ1) is 24.6. The van der Waals surface area contributed by atoms with E-state index in [0.717, 1.165) is 11.1 Å². The van der Waals surface area contributed by atoms with Crippen molar-refractivity contribution < 1.29 is 14.3 Å². The van der Waals surface area contributed by atoms with Crippen LogP contribution in [-0.2, 0) is 11.4 Å². The molecule has 1 aliphatic rings. The second-order valence-electron chi connectivity index (χ2n) is 8.27. The predicted molar refractivity (Wildman–Crippen MR) is 141 cm³/mol. The molecule has 0 bridgehead atoms. The molecule has 1 aromatic heterocycles. The number of hydrogen-bond donors (Lipinski definition) is 2. The predicted octanol–water partition coefficient (Wildman–Crippen LogP) is 5.50. The van der Waals surface area contributed by atoms with Crippen LogP contribution in [0, 0.1) is 0 Å². The first-order chi connectivity index (χ1) is 17.9. The van der Waals surface area contributed by atoms with Gasteiger partial charge in [-0.2, -0.15) is 4.68 Å². The van der Waals surface area contributed by atoms with Gasteiger partial charge in [0.2, 0.25) is 5.95 Å². The molecule has 0 saturated heterocycles. The summed E-state index contributed by atoms with van der Waals surface area (Å²) in [4.78, 5) is 13.5. The Bertz CT molecular complexity index is 1490. The Morgan fingerprint density at radius 2 is 1.89 bits per heavy atom. The van der Waals surface area contributed by atoms with Crippen molar-refractivity contribution in [3.63, 3.8) is 0 Å². The number of fused-ring (bicyclic) bond motifs is 1. The van der Waals surface area contributed by atoms with Gasteiger partial charge in [-0.15, -0.1) is 0 Å². The Morgan fingerprint density at radius 1 is 1.08 bits per heavy atom. The number of tetrazole rings is 1. The van der Waals surface area contributed by atoms with Gasteiger partial charge in [0.15, 0.2) is 11.5 Å². The number of methoxy groups -OCH3 is 1. The number of carbonyl (C=O) groups excluding carboxylic acids is 1. The van der Waals surface area contributed by atoms with E-state index in [4.69, 9.17) is 32.7 Å². The summed E-state index contributed by atoms with van der Waals surface area (Å²) in [6.45, 7) is 2.04. The number of benzene rings is 3. The van der Waals surface area contributed by atoms with Gasteiger partial charge in [-0.3, -0.25) is 4.79 Å². The molecule has 0 radical (unpaired) electrons. The molecule has 4 aromatic rings. The van der Waals surface area contributed by atoms with Crippen molar-refractivity contribution >= 4 is 40.7 Å². The molecule has 9 nitrogen and oxygen atoms in total. The molecule has 2 N–H and O–H groups in total. The number of rotatable bonds is 7. The lowest BCUT2D eigenvalue weighted by atomic mass is 9.94. The van der Waals surface area contributed by atoms with Crippen LogP contribution in [-0.4, -0.2) is 33.2 Å². The van der Waals surface area contributed by atoms with Crippen LogP contribution < -0.4 is 20.1 Å². The van der Waals surface area contributed by atoms with Gasteiger partial charge in [0.05, 0.1) is 12.7 Å². The van der Waals surface area contributed by atoms with Crippen LogP contribution in [0.3, 0.4) is 0 Å². The summed E-state index contributed by atoms with van der Waals surface area (Å²) in [7, 11) is 1.55. The van der Waals surface area contributed by atoms with E-state index in [1.807, 2.05) is 55.5 Å². The Hall–Kier alpha value is -4.08. The Labute approximate surface area is 223 Å². The highest BCUT2D eigenvalue weighted by molar-refractivity contribution is 6.35. The number of halogens is 2. The van der Waals surface area contributed by atoms with E-state index in [2.05, 4.69) is 26.2 Å². The molecule has 0 fully saturated rings. The summed E-state index contributed by atoms with van der Waals surface area (Å²) < 4.78 is 13.2. The summed E-state index contributed by atoms with van der Waals surface area (Å²) in [5.74, 6) is 1.14. The third kappa shape index (κ3) is 5.09. The molecule has 37 heavy (non-hydrogen) atoms. The van der Waals surface area contributed by atoms with Gasteiger partial charge in [0.1, 0.15) is 12.6 Å². The average Bonchev–Trinajstić information content (AvgIpc) is 3.36. The first-order valence-corrected chi connectivity index (χ1v) is 12.1. The number of nitrogens with one attached hydrogen (secondary N) is 2. The molecule has 0 saturated carbocycles. The minimum absolute atomic E-state index is 0.222. The van der Waals surface area contributed by atoms with Crippen LogP contribution >= 0.6 is 23.2 Å². The highest BCUT2D eigenvalue weighted by Crippen LogP contribution is 2.39. The fraction of sp³-hybridized carbons (Fsp3) is 0.154. The number of ether oxygens (including phenoxy) is 2. The van der Waals surface area contributed by atoms with E-state index >= 15 is 0 Å². The monoisotopic (exact) mass is 536 g/mol. The average molecular weight is 537 g/mol. The Balaban J connectivity index is 1.47. The minimum atomic E-state index is -0.608. The molecule has 0 aliphatic carbocycles. The van der Waals surface area contributed by atoms with Crippen LogP contribution in [0.5, 0.6) is 11.5 Å². The molecule has 1 aliphatic heterocycles. The lowest BCUT2D eigenvalue weighted by molar-refractivity contribution is -0.113. The number of nitrogens with zero attached hydrogens (tertiary/aromatic N) is 4. The second-order valence-corrected chi connectivity index (χ2v) is 9.11. The SMILES string of the molecule is COc1cc(C2C(C(=O)Nc3ccccc3)=C(C)Nc3nnnn32)ccc1OCc1ccc(Cl)cc1Cl. The van der Waals surface area contributed by atoms with Gasteiger partial charge in [-0.1, -0.05) is 58.6 Å². The third-order valence-electron chi connectivity index (χ3n) is 5.89. The summed E-state index contributed by atoms with van der Waals surface area (Å²) in [6.07, 6.45) is 0. The Morgan fingerprint density at radius 3 is 2.65 bits per heavy atom. The number of carbonyl (C=O) groups is 1. The second kappa shape index (κ2) is 10.5. The van der Waals surface area contributed by atoms with E-state index in [1.54, 1.807) is 30.0 Å². The van der Waals surface area contributed by atoms with Crippen molar-refractivity contribution in [1.82, 2.24) is 20.2 Å². The molecule has 2 heterocycles. The van der Waals surface area contributed by atoms with Crippen molar-refractivity contribution in [3.05, 3.63) is 99.2 Å². The summed E-state index contributed by atoms with van der Waals surface area (Å²) >= 11 is 12.3. The zero-order valence-electron chi connectivity index (χ0n) is 19.9. The quantitative estimate of drug-likeness (QED) is 0.321. The van der Waals surface area contributed by atoms with Gasteiger partial charge >= 0.3 is 0 Å². The van der Waals surface area contributed by atoms with Crippen molar-refractivity contribution in [2.75, 3.05) is 17.7 Å². The topological polar surface area (TPSA) is 103 Å². The fourth-order valence-electron chi connectivity index (χ4n) is 4.10. The molecule has 0 spiro atoms. The third-order valence-corrected chi connectivity index (χ3v) is 6.48. The normalized spacial score (nSPS) is 14.5. The maximum Gasteiger partial charge on any atom is 0.255 e. The van der Waals surface area contributed by atoms with Crippen LogP contribution in [0.25, 0.3) is 0 Å². The van der Waals surface area contributed by atoms with Crippen LogP contribution in [0.4, 0.5) is 11.6 Å². The van der Waals surface area contributed by atoms with Gasteiger partial charge in [0, 0.05) is 27.0 Å². The molecule has 11 heteroatoms. The number of aromatic nitrogens is 4. The highest BCUT2D eigenvalue weighted by Gasteiger charge is 2.34. The lowest BCUT2D eigenvalue weighted by Gasteiger charge is -2.28. The molecule has 188 valence electrons. The van der Waals surface area contributed by atoms with Crippen molar-refractivity contribution in [2.45, 2.75) is 19.6 Å². The zero-order chi connectivity index (χ0) is 25.9. The molecule has 1 amide bonds. The molecular formula is C26H22Cl2N6O3. The minimum Gasteiger partial charge on any atom is -0.493 e. The summed E-state index contributed by atoms with van der Waals surface area (Å²) in [5.41, 5.74) is 3.30. The first-order valence-electron chi connectivity index (χ1n) is 11.3. The number of allylic oxidation sites excluding steroid dienone is 1. The van der Waals surface area contributed by atoms with E-state index in [0.29, 0.717) is 44.5 Å². The van der Waals surface area contributed by atoms with E-state index in [9.17, 15) is 4.79 Å². The zero-order valence-corrected chi connectivity index (χ0v) is 21.4. The highest BCUT2D eigenvalue weighted by atomic mass is 35.5. The van der Waals surface area contributed by atoms with Gasteiger partial charge in [-0.25, -0.2) is 0 Å². The van der Waals surface area contributed by atoms with E-state index in [-0.39, 0.29) is 12.5 Å². The van der Waals surface area contributed by atoms with Crippen molar-refractivity contribution in [3.8, 4) is 11.5 Å². The van der Waals surface area contributed by atoms with E-state index in [1.165, 1.54) is 0 Å². The summed E-state index contributed by atoms with van der Waals surface area (Å²) in [5, 5.41) is 19.1. The molecular weight excluding hydrogens is 515 g/mol. The van der Waals surface area contributed by atoms with Gasteiger partial charge in [0.25, 0.3) is 5.91 Å². The van der Waals surface area contributed by atoms with Crippen LogP contribution in [0.1, 0.15) is 24.1 Å².